The van der Waals surface area contributed by atoms with E-state index in [0.717, 1.165) is 25.9 Å². The second-order valence-electron chi connectivity index (χ2n) is 3.81. The maximum absolute atomic E-state index is 5.82. The molecule has 0 aromatic heterocycles. The quantitative estimate of drug-likeness (QED) is 0.763. The van der Waals surface area contributed by atoms with Gasteiger partial charge in [-0.2, -0.15) is 0 Å². The van der Waals surface area contributed by atoms with Gasteiger partial charge < -0.3 is 10.5 Å². The lowest BCUT2D eigenvalue weighted by molar-refractivity contribution is 0.0573. The summed E-state index contributed by atoms with van der Waals surface area (Å²) >= 11 is 0. The van der Waals surface area contributed by atoms with Crippen molar-refractivity contribution >= 4 is 0 Å². The minimum Gasteiger partial charge on any atom is -0.405 e. The Kier molecular flexibility index (Phi) is 3.41. The molecule has 1 unspecified atom stereocenters. The van der Waals surface area contributed by atoms with Gasteiger partial charge in [-0.1, -0.05) is 30.3 Å². The van der Waals surface area contributed by atoms with Crippen LogP contribution in [0.25, 0.3) is 0 Å². The van der Waals surface area contributed by atoms with Crippen molar-refractivity contribution in [2.45, 2.75) is 25.4 Å². The molecule has 0 aliphatic heterocycles. The fourth-order valence-electron chi connectivity index (χ4n) is 2.07. The van der Waals surface area contributed by atoms with E-state index in [4.69, 9.17) is 10.5 Å². The predicted octanol–water partition coefficient (Wildman–Crippen LogP) is 2.55. The molecule has 0 spiro atoms. The monoisotopic (exact) mass is 203 g/mol. The van der Waals surface area contributed by atoms with Crippen LogP contribution in [0.1, 0.15) is 30.1 Å². The van der Waals surface area contributed by atoms with Crippen molar-refractivity contribution in [2.75, 3.05) is 6.61 Å². The summed E-state index contributed by atoms with van der Waals surface area (Å²) in [4.78, 5) is 0. The molecule has 0 amide bonds. The first-order chi connectivity index (χ1) is 7.42. The normalized spacial score (nSPS) is 19.6. The first-order valence-corrected chi connectivity index (χ1v) is 5.48. The Balaban J connectivity index is 1.90. The van der Waals surface area contributed by atoms with Gasteiger partial charge in [0.25, 0.3) is 0 Å². The molecule has 0 fully saturated rings. The van der Waals surface area contributed by atoms with Crippen molar-refractivity contribution in [3.8, 4) is 0 Å². The smallest absolute Gasteiger partial charge is 0.0830 e. The molecule has 0 radical (unpaired) electrons. The molecule has 1 aliphatic rings. The maximum Gasteiger partial charge on any atom is 0.0830 e. The van der Waals surface area contributed by atoms with Crippen molar-refractivity contribution in [3.63, 3.8) is 0 Å². The molecule has 1 aromatic rings. The third-order valence-corrected chi connectivity index (χ3v) is 2.82. The number of aryl methyl sites for hydroxylation is 1. The molecule has 0 bridgehead atoms. The van der Waals surface area contributed by atoms with Crippen LogP contribution >= 0.6 is 0 Å². The molecule has 0 saturated heterocycles. The van der Waals surface area contributed by atoms with Crippen LogP contribution in [-0.2, 0) is 11.2 Å². The van der Waals surface area contributed by atoms with Crippen LogP contribution in [0, 0.1) is 0 Å². The summed E-state index contributed by atoms with van der Waals surface area (Å²) in [6.07, 6.45) is 6.97. The Morgan fingerprint density at radius 3 is 3.13 bits per heavy atom. The number of benzene rings is 1. The highest BCUT2D eigenvalue weighted by Crippen LogP contribution is 2.33. The molecule has 80 valence electrons. The Morgan fingerprint density at radius 2 is 2.27 bits per heavy atom. The van der Waals surface area contributed by atoms with E-state index < -0.39 is 0 Å². The standard InChI is InChI=1S/C13H17NO/c14-9-3-4-10-15-13-8-7-11-5-1-2-6-12(11)13/h1-3,5-6,9,13H,4,7-8,10,14H2. The van der Waals surface area contributed by atoms with E-state index in [1.54, 1.807) is 6.20 Å². The summed E-state index contributed by atoms with van der Waals surface area (Å²) in [6, 6.07) is 8.54. The lowest BCUT2D eigenvalue weighted by Crippen LogP contribution is -2.01. The van der Waals surface area contributed by atoms with Gasteiger partial charge >= 0.3 is 0 Å². The van der Waals surface area contributed by atoms with Gasteiger partial charge in [-0.05, 0) is 36.6 Å². The zero-order chi connectivity index (χ0) is 10.5. The van der Waals surface area contributed by atoms with E-state index >= 15 is 0 Å². The second-order valence-corrected chi connectivity index (χ2v) is 3.81. The van der Waals surface area contributed by atoms with Gasteiger partial charge in [-0.25, -0.2) is 0 Å². The first kappa shape index (κ1) is 10.2. The van der Waals surface area contributed by atoms with Crippen LogP contribution in [0.15, 0.2) is 36.5 Å². The molecule has 2 rings (SSSR count). The molecular formula is C13H17NO. The third kappa shape index (κ3) is 2.39. The lowest BCUT2D eigenvalue weighted by Gasteiger charge is -2.12. The Morgan fingerprint density at radius 1 is 1.40 bits per heavy atom. The van der Waals surface area contributed by atoms with E-state index in [9.17, 15) is 0 Å². The van der Waals surface area contributed by atoms with Crippen LogP contribution in [-0.4, -0.2) is 6.61 Å². The van der Waals surface area contributed by atoms with E-state index in [1.807, 2.05) is 6.08 Å². The highest BCUT2D eigenvalue weighted by molar-refractivity contribution is 5.33. The van der Waals surface area contributed by atoms with Crippen molar-refractivity contribution in [1.82, 2.24) is 0 Å². The zero-order valence-corrected chi connectivity index (χ0v) is 8.86. The number of nitrogens with two attached hydrogens (primary N) is 1. The highest BCUT2D eigenvalue weighted by atomic mass is 16.5. The summed E-state index contributed by atoms with van der Waals surface area (Å²) in [5, 5.41) is 0. The zero-order valence-electron chi connectivity index (χ0n) is 8.86. The number of rotatable bonds is 4. The largest absolute Gasteiger partial charge is 0.405 e. The van der Waals surface area contributed by atoms with Gasteiger partial charge in [0.1, 0.15) is 0 Å². The molecule has 15 heavy (non-hydrogen) atoms. The number of ether oxygens (including phenoxy) is 1. The van der Waals surface area contributed by atoms with Crippen molar-refractivity contribution in [3.05, 3.63) is 47.7 Å². The average molecular weight is 203 g/mol. The van der Waals surface area contributed by atoms with E-state index in [-0.39, 0.29) is 0 Å². The maximum atomic E-state index is 5.82. The van der Waals surface area contributed by atoms with Crippen LogP contribution in [0.2, 0.25) is 0 Å². The van der Waals surface area contributed by atoms with Crippen LogP contribution in [0.5, 0.6) is 0 Å². The Hall–Kier alpha value is -1.28. The lowest BCUT2D eigenvalue weighted by atomic mass is 10.1. The van der Waals surface area contributed by atoms with Gasteiger partial charge in [0.05, 0.1) is 12.7 Å². The van der Waals surface area contributed by atoms with Gasteiger partial charge in [0.2, 0.25) is 0 Å². The summed E-state index contributed by atoms with van der Waals surface area (Å²) in [5.74, 6) is 0. The van der Waals surface area contributed by atoms with Gasteiger partial charge in [-0.3, -0.25) is 0 Å². The SMILES string of the molecule is NC=CCCOC1CCc2ccccc21. The fourth-order valence-corrected chi connectivity index (χ4v) is 2.07. The van der Waals surface area contributed by atoms with Gasteiger partial charge in [0, 0.05) is 0 Å². The first-order valence-electron chi connectivity index (χ1n) is 5.48. The summed E-state index contributed by atoms with van der Waals surface area (Å²) in [5.41, 5.74) is 8.07. The van der Waals surface area contributed by atoms with Crippen LogP contribution < -0.4 is 5.73 Å². The Bertz CT molecular complexity index is 346. The molecule has 2 nitrogen and oxygen atoms in total. The average Bonchev–Trinajstić information content (AvgIpc) is 2.68. The van der Waals surface area contributed by atoms with Crippen LogP contribution in [0.4, 0.5) is 0 Å². The number of hydrogen-bond donors (Lipinski definition) is 1. The summed E-state index contributed by atoms with van der Waals surface area (Å²) in [6.45, 7) is 0.757. The van der Waals surface area contributed by atoms with Gasteiger partial charge in [0.15, 0.2) is 0 Å². The van der Waals surface area contributed by atoms with E-state index in [0.29, 0.717) is 6.10 Å². The molecule has 0 saturated carbocycles. The minimum absolute atomic E-state index is 0.298. The molecule has 2 heteroatoms. The molecule has 1 aliphatic carbocycles. The molecule has 2 N–H and O–H groups in total. The summed E-state index contributed by atoms with van der Waals surface area (Å²) < 4.78 is 5.82. The predicted molar refractivity (Wildman–Crippen MR) is 61.4 cm³/mol. The van der Waals surface area contributed by atoms with Crippen LogP contribution in [0.3, 0.4) is 0 Å². The molecule has 0 heterocycles. The topological polar surface area (TPSA) is 35.2 Å². The van der Waals surface area contributed by atoms with Crippen molar-refractivity contribution in [1.29, 1.82) is 0 Å². The van der Waals surface area contributed by atoms with Crippen molar-refractivity contribution < 1.29 is 4.74 Å². The van der Waals surface area contributed by atoms with Crippen molar-refractivity contribution in [2.24, 2.45) is 5.73 Å². The third-order valence-electron chi connectivity index (χ3n) is 2.82. The molecule has 1 atom stereocenters. The second kappa shape index (κ2) is 4.99. The number of fused-ring (bicyclic) bond motifs is 1. The fraction of sp³-hybridized carbons (Fsp3) is 0.385. The number of hydrogen-bond acceptors (Lipinski definition) is 2. The van der Waals surface area contributed by atoms with E-state index in [2.05, 4.69) is 24.3 Å². The molecule has 1 aromatic carbocycles. The van der Waals surface area contributed by atoms with E-state index in [1.165, 1.54) is 11.1 Å². The van der Waals surface area contributed by atoms with Gasteiger partial charge in [-0.15, -0.1) is 0 Å². The minimum atomic E-state index is 0.298. The molecular weight excluding hydrogens is 186 g/mol. The summed E-state index contributed by atoms with van der Waals surface area (Å²) in [7, 11) is 0. The Labute approximate surface area is 90.7 Å². The highest BCUT2D eigenvalue weighted by Gasteiger charge is 2.21.